The number of amides is 1. The summed E-state index contributed by atoms with van der Waals surface area (Å²) in [5, 5.41) is 9.21. The summed E-state index contributed by atoms with van der Waals surface area (Å²) in [5.41, 5.74) is 7.69. The number of carbonyl (C=O) groups is 1. The predicted molar refractivity (Wildman–Crippen MR) is 153 cm³/mol. The van der Waals surface area contributed by atoms with Crippen molar-refractivity contribution in [2.45, 2.75) is 84.1 Å². The fourth-order valence-corrected chi connectivity index (χ4v) is 8.91. The molecule has 2 N–H and O–H groups in total. The van der Waals surface area contributed by atoms with E-state index in [1.54, 1.807) is 11.2 Å². The Kier molecular flexibility index (Phi) is 5.71. The first kappa shape index (κ1) is 24.3. The maximum Gasteiger partial charge on any atom is 0.239 e. The minimum absolute atomic E-state index is 0.0717. The van der Waals surface area contributed by atoms with E-state index >= 15 is 0 Å². The molecule has 2 aliphatic heterocycles. The summed E-state index contributed by atoms with van der Waals surface area (Å²) < 4.78 is 1.89. The Hall–Kier alpha value is -2.71. The number of nitrogens with zero attached hydrogens (tertiary/aromatic N) is 4. The van der Waals surface area contributed by atoms with Gasteiger partial charge in [-0.2, -0.15) is 5.10 Å². The third-order valence-corrected chi connectivity index (χ3v) is 10.9. The second-order valence-electron chi connectivity index (χ2n) is 12.4. The molecule has 6 heterocycles. The Bertz CT molecular complexity index is 1520. The highest BCUT2D eigenvalue weighted by molar-refractivity contribution is 7.19. The van der Waals surface area contributed by atoms with Crippen LogP contribution in [-0.2, 0) is 4.79 Å². The van der Waals surface area contributed by atoms with E-state index < -0.39 is 0 Å². The second-order valence-corrected chi connectivity index (χ2v) is 13.5. The van der Waals surface area contributed by atoms with Gasteiger partial charge in [-0.3, -0.25) is 4.79 Å². The first-order chi connectivity index (χ1) is 18.3. The van der Waals surface area contributed by atoms with Crippen molar-refractivity contribution < 1.29 is 4.79 Å². The minimum atomic E-state index is 0.0717. The first-order valence-electron chi connectivity index (χ1n) is 14.3. The fraction of sp³-hybridized carbons (Fsp3) is 0.567. The predicted octanol–water partition coefficient (Wildman–Crippen LogP) is 5.92. The van der Waals surface area contributed by atoms with E-state index in [0.29, 0.717) is 23.2 Å². The topological polar surface area (TPSA) is 78.3 Å². The van der Waals surface area contributed by atoms with Crippen LogP contribution >= 0.6 is 11.3 Å². The number of thiophene rings is 1. The highest BCUT2D eigenvalue weighted by atomic mass is 32.1. The van der Waals surface area contributed by atoms with Gasteiger partial charge in [-0.15, -0.1) is 11.3 Å². The number of aromatic amines is 1. The number of likely N-dealkylation sites (tertiary alicyclic amines) is 1. The molecule has 3 fully saturated rings. The molecule has 4 aromatic heterocycles. The summed E-state index contributed by atoms with van der Waals surface area (Å²) in [7, 11) is 0. The summed E-state index contributed by atoms with van der Waals surface area (Å²) in [6, 6.07) is 2.31. The molecule has 38 heavy (non-hydrogen) atoms. The molecule has 3 aliphatic rings. The van der Waals surface area contributed by atoms with Crippen LogP contribution in [-0.4, -0.2) is 56.1 Å². The second kappa shape index (κ2) is 8.91. The van der Waals surface area contributed by atoms with Gasteiger partial charge in [-0.1, -0.05) is 13.8 Å². The number of H-pyrrole nitrogens is 1. The van der Waals surface area contributed by atoms with Crippen LogP contribution in [0.1, 0.15) is 85.8 Å². The minimum Gasteiger partial charge on any atom is -0.346 e. The quantitative estimate of drug-likeness (QED) is 0.343. The molecule has 8 heteroatoms. The molecule has 0 bridgehead atoms. The van der Waals surface area contributed by atoms with Crippen LogP contribution < -0.4 is 5.32 Å². The third-order valence-electron chi connectivity index (χ3n) is 9.53. The normalized spacial score (nSPS) is 21.8. The standard InChI is InChI=1S/C30H38N6OS/c1-17(2)23-24-19(4)26(38-28(24)34-25(23)21-12-18(3)27-32-16-33-36(27)13-21)20-7-9-30(10-8-20)14-35(15-30)29(37)22-6-5-11-31-22/h12-13,16-17,20,22,31,34H,5-11,14-15H2,1-4H3/t22-/m1/s1. The average molecular weight is 531 g/mol. The Labute approximate surface area is 228 Å². The molecule has 0 aromatic carbocycles. The molecule has 7 rings (SSSR count). The van der Waals surface area contributed by atoms with Gasteiger partial charge in [0.25, 0.3) is 0 Å². The van der Waals surface area contributed by atoms with E-state index in [2.05, 4.69) is 65.2 Å². The van der Waals surface area contributed by atoms with Gasteiger partial charge in [-0.25, -0.2) is 9.50 Å². The van der Waals surface area contributed by atoms with E-state index in [4.69, 9.17) is 0 Å². The van der Waals surface area contributed by atoms with Crippen LogP contribution in [0.5, 0.6) is 0 Å². The van der Waals surface area contributed by atoms with Crippen molar-refractivity contribution in [1.29, 1.82) is 0 Å². The van der Waals surface area contributed by atoms with Crippen LogP contribution in [0.4, 0.5) is 0 Å². The summed E-state index contributed by atoms with van der Waals surface area (Å²) >= 11 is 1.97. The molecule has 4 aromatic rings. The number of nitrogens with one attached hydrogen (secondary N) is 2. The van der Waals surface area contributed by atoms with Gasteiger partial charge in [0, 0.05) is 40.5 Å². The number of hydrogen-bond donors (Lipinski definition) is 2. The van der Waals surface area contributed by atoms with Crippen molar-refractivity contribution in [3.8, 4) is 11.3 Å². The highest BCUT2D eigenvalue weighted by Gasteiger charge is 2.48. The summed E-state index contributed by atoms with van der Waals surface area (Å²) in [6.07, 6.45) is 10.8. The lowest BCUT2D eigenvalue weighted by molar-refractivity contribution is -0.147. The number of rotatable bonds is 4. The van der Waals surface area contributed by atoms with Gasteiger partial charge >= 0.3 is 0 Å². The molecule has 1 aliphatic carbocycles. The number of fused-ring (bicyclic) bond motifs is 2. The molecule has 0 unspecified atom stereocenters. The lowest BCUT2D eigenvalue weighted by atomic mass is 9.65. The van der Waals surface area contributed by atoms with Crippen LogP contribution in [0.15, 0.2) is 18.6 Å². The number of aromatic nitrogens is 4. The monoisotopic (exact) mass is 530 g/mol. The Morgan fingerprint density at radius 2 is 1.97 bits per heavy atom. The highest BCUT2D eigenvalue weighted by Crippen LogP contribution is 2.52. The first-order valence-corrected chi connectivity index (χ1v) is 15.1. The number of pyridine rings is 1. The largest absolute Gasteiger partial charge is 0.346 e. The Morgan fingerprint density at radius 1 is 1.18 bits per heavy atom. The molecule has 1 spiro atoms. The Morgan fingerprint density at radius 3 is 2.68 bits per heavy atom. The third kappa shape index (κ3) is 3.74. The SMILES string of the molecule is Cc1c(C2CCC3(CC2)CN(C(=O)[C@H]2CCCN2)C3)sc2[nH]c(-c3cc(C)c4ncnn4c3)c(C(C)C)c12. The molecule has 1 amide bonds. The summed E-state index contributed by atoms with van der Waals surface area (Å²) in [4.78, 5) is 26.0. The lowest BCUT2D eigenvalue weighted by Gasteiger charge is -2.54. The van der Waals surface area contributed by atoms with Crippen molar-refractivity contribution in [2.75, 3.05) is 19.6 Å². The van der Waals surface area contributed by atoms with E-state index in [9.17, 15) is 4.79 Å². The zero-order valence-electron chi connectivity index (χ0n) is 22.9. The van der Waals surface area contributed by atoms with Gasteiger partial charge < -0.3 is 15.2 Å². The maximum absolute atomic E-state index is 12.8. The average Bonchev–Trinajstić information content (AvgIpc) is 3.67. The van der Waals surface area contributed by atoms with Crippen molar-refractivity contribution in [1.82, 2.24) is 29.8 Å². The number of hydrogen-bond acceptors (Lipinski definition) is 5. The molecule has 0 radical (unpaired) electrons. The zero-order chi connectivity index (χ0) is 26.2. The van der Waals surface area contributed by atoms with E-state index in [1.807, 2.05) is 15.9 Å². The van der Waals surface area contributed by atoms with Gasteiger partial charge in [-0.05, 0) is 93.5 Å². The summed E-state index contributed by atoms with van der Waals surface area (Å²) in [5.74, 6) is 1.38. The van der Waals surface area contributed by atoms with E-state index in [0.717, 1.165) is 43.7 Å². The molecule has 2 saturated heterocycles. The van der Waals surface area contributed by atoms with Crippen molar-refractivity contribution >= 4 is 33.1 Å². The van der Waals surface area contributed by atoms with Gasteiger partial charge in [0.05, 0.1) is 11.7 Å². The molecule has 1 saturated carbocycles. The number of carbonyl (C=O) groups excluding carboxylic acids is 1. The Balaban J connectivity index is 1.12. The molecular weight excluding hydrogens is 492 g/mol. The molecule has 200 valence electrons. The van der Waals surface area contributed by atoms with Crippen LogP contribution in [0.3, 0.4) is 0 Å². The van der Waals surface area contributed by atoms with Crippen molar-refractivity contribution in [3.05, 3.63) is 40.2 Å². The van der Waals surface area contributed by atoms with E-state index in [-0.39, 0.29) is 6.04 Å². The lowest BCUT2D eigenvalue weighted by Crippen LogP contribution is -2.62. The van der Waals surface area contributed by atoms with Crippen molar-refractivity contribution in [2.24, 2.45) is 5.41 Å². The summed E-state index contributed by atoms with van der Waals surface area (Å²) in [6.45, 7) is 12.0. The molecular formula is C30H38N6OS. The van der Waals surface area contributed by atoms with Crippen LogP contribution in [0, 0.1) is 19.3 Å². The fourth-order valence-electron chi connectivity index (χ4n) is 7.52. The number of aryl methyl sites for hydroxylation is 2. The van der Waals surface area contributed by atoms with Crippen LogP contribution in [0.25, 0.3) is 27.1 Å². The van der Waals surface area contributed by atoms with E-state index in [1.165, 1.54) is 58.3 Å². The molecule has 1 atom stereocenters. The molecule has 7 nitrogen and oxygen atoms in total. The van der Waals surface area contributed by atoms with Crippen LogP contribution in [0.2, 0.25) is 0 Å². The van der Waals surface area contributed by atoms with Gasteiger partial charge in [0.2, 0.25) is 5.91 Å². The van der Waals surface area contributed by atoms with Crippen molar-refractivity contribution in [3.63, 3.8) is 0 Å². The smallest absolute Gasteiger partial charge is 0.239 e. The maximum atomic E-state index is 12.8. The zero-order valence-corrected chi connectivity index (χ0v) is 23.7. The van der Waals surface area contributed by atoms with Gasteiger partial charge in [0.1, 0.15) is 11.2 Å². The van der Waals surface area contributed by atoms with Gasteiger partial charge in [0.15, 0.2) is 5.65 Å².